The van der Waals surface area contributed by atoms with E-state index in [0.29, 0.717) is 5.82 Å². The number of nitrogens with zero attached hydrogens (tertiary/aromatic N) is 1. The van der Waals surface area contributed by atoms with E-state index in [9.17, 15) is 14.4 Å². The van der Waals surface area contributed by atoms with Gasteiger partial charge < -0.3 is 10.7 Å². The molecule has 0 aromatic carbocycles. The standard InChI is InChI=1S/C4H5N3O.C4H4N2O2/c5-3-1-2-6-4(8)7-3;7-3-1-2-5-4(8)6-3/h1-2H,(H3,5,6,7,8);1-2H,(H2,5,6,7,8). The number of aromatic nitrogens is 4. The first-order chi connectivity index (χ1) is 7.58. The molecule has 5 N–H and O–H groups in total. The second-order valence-corrected chi connectivity index (χ2v) is 2.63. The lowest BCUT2D eigenvalue weighted by Gasteiger charge is -1.84. The van der Waals surface area contributed by atoms with Crippen LogP contribution in [0.3, 0.4) is 0 Å². The third kappa shape index (κ3) is 4.05. The monoisotopic (exact) mass is 223 g/mol. The number of anilines is 1. The molecule has 0 bridgehead atoms. The molecule has 2 aromatic rings. The van der Waals surface area contributed by atoms with E-state index in [1.54, 1.807) is 0 Å². The molecule has 84 valence electrons. The van der Waals surface area contributed by atoms with Gasteiger partial charge in [0.2, 0.25) is 0 Å². The minimum absolute atomic E-state index is 0.338. The molecule has 0 saturated heterocycles. The summed E-state index contributed by atoms with van der Waals surface area (Å²) in [4.78, 5) is 40.5. The molecule has 0 spiro atoms. The van der Waals surface area contributed by atoms with E-state index in [1.165, 1.54) is 24.5 Å². The molecule has 0 atom stereocenters. The predicted octanol–water partition coefficient (Wildman–Crippen LogP) is -1.58. The van der Waals surface area contributed by atoms with Gasteiger partial charge in [0.15, 0.2) is 0 Å². The SMILES string of the molecule is Nc1ccnc(=O)[nH]1.O=c1cc[nH]c(=O)[nH]1. The van der Waals surface area contributed by atoms with Crippen LogP contribution in [0.5, 0.6) is 0 Å². The number of hydrogen-bond donors (Lipinski definition) is 4. The predicted molar refractivity (Wildman–Crippen MR) is 57.0 cm³/mol. The van der Waals surface area contributed by atoms with Crippen molar-refractivity contribution in [3.8, 4) is 0 Å². The fraction of sp³-hybridized carbons (Fsp3) is 0. The number of H-pyrrole nitrogens is 3. The van der Waals surface area contributed by atoms with E-state index in [1.807, 2.05) is 4.98 Å². The molecule has 0 aliphatic carbocycles. The van der Waals surface area contributed by atoms with Crippen molar-refractivity contribution in [3.05, 3.63) is 55.8 Å². The van der Waals surface area contributed by atoms with Crippen LogP contribution in [0.2, 0.25) is 0 Å². The van der Waals surface area contributed by atoms with Gasteiger partial charge in [0.25, 0.3) is 5.56 Å². The van der Waals surface area contributed by atoms with Crippen LogP contribution in [0.4, 0.5) is 5.82 Å². The highest BCUT2D eigenvalue weighted by Gasteiger charge is 1.81. The normalized spacial score (nSPS) is 9.00. The van der Waals surface area contributed by atoms with Gasteiger partial charge in [-0.15, -0.1) is 0 Å². The van der Waals surface area contributed by atoms with E-state index in [0.717, 1.165) is 0 Å². The highest BCUT2D eigenvalue weighted by Crippen LogP contribution is 1.82. The van der Waals surface area contributed by atoms with Crippen molar-refractivity contribution in [3.63, 3.8) is 0 Å². The van der Waals surface area contributed by atoms with Gasteiger partial charge in [0.1, 0.15) is 5.82 Å². The molecule has 16 heavy (non-hydrogen) atoms. The summed E-state index contributed by atoms with van der Waals surface area (Å²) in [6.45, 7) is 0. The fourth-order valence-corrected chi connectivity index (χ4v) is 0.765. The molecule has 8 nitrogen and oxygen atoms in total. The maximum Gasteiger partial charge on any atom is 0.346 e. The maximum atomic E-state index is 10.2. The second-order valence-electron chi connectivity index (χ2n) is 2.63. The zero-order valence-corrected chi connectivity index (χ0v) is 8.06. The fourth-order valence-electron chi connectivity index (χ4n) is 0.765. The Morgan fingerprint density at radius 3 is 2.25 bits per heavy atom. The van der Waals surface area contributed by atoms with Crippen molar-refractivity contribution in [2.75, 3.05) is 5.73 Å². The minimum atomic E-state index is -0.475. The molecular weight excluding hydrogens is 214 g/mol. The van der Waals surface area contributed by atoms with Gasteiger partial charge in [-0.3, -0.25) is 14.8 Å². The minimum Gasteiger partial charge on any atom is -0.385 e. The van der Waals surface area contributed by atoms with Gasteiger partial charge in [-0.2, -0.15) is 0 Å². The van der Waals surface area contributed by atoms with Crippen molar-refractivity contribution in [2.24, 2.45) is 0 Å². The lowest BCUT2D eigenvalue weighted by molar-refractivity contribution is 1.04. The van der Waals surface area contributed by atoms with Crippen LogP contribution in [0.1, 0.15) is 0 Å². The van der Waals surface area contributed by atoms with Crippen molar-refractivity contribution < 1.29 is 0 Å². The van der Waals surface area contributed by atoms with Crippen LogP contribution < -0.4 is 22.7 Å². The van der Waals surface area contributed by atoms with Gasteiger partial charge in [-0.25, -0.2) is 14.6 Å². The van der Waals surface area contributed by atoms with Gasteiger partial charge in [0.05, 0.1) is 0 Å². The Morgan fingerprint density at radius 1 is 1.12 bits per heavy atom. The molecule has 8 heteroatoms. The summed E-state index contributed by atoms with van der Waals surface area (Å²) in [7, 11) is 0. The average molecular weight is 223 g/mol. The Morgan fingerprint density at radius 2 is 1.88 bits per heavy atom. The first kappa shape index (κ1) is 11.4. The lowest BCUT2D eigenvalue weighted by Crippen LogP contribution is -2.19. The van der Waals surface area contributed by atoms with Gasteiger partial charge >= 0.3 is 11.4 Å². The van der Waals surface area contributed by atoms with Crippen LogP contribution in [0.15, 0.2) is 38.9 Å². The van der Waals surface area contributed by atoms with Gasteiger partial charge in [0, 0.05) is 18.5 Å². The first-order valence-electron chi connectivity index (χ1n) is 4.17. The Hall–Kier alpha value is -2.64. The summed E-state index contributed by atoms with van der Waals surface area (Å²) in [6, 6.07) is 2.75. The molecule has 0 saturated carbocycles. The topological polar surface area (TPSA) is 137 Å². The summed E-state index contributed by atoms with van der Waals surface area (Å²) in [5, 5.41) is 0. The molecule has 2 rings (SSSR count). The molecule has 0 radical (unpaired) electrons. The largest absolute Gasteiger partial charge is 0.385 e. The van der Waals surface area contributed by atoms with Crippen LogP contribution in [-0.2, 0) is 0 Å². The number of nitrogen functional groups attached to an aromatic ring is 1. The highest BCUT2D eigenvalue weighted by atomic mass is 16.2. The Balaban J connectivity index is 0.000000160. The molecule has 0 unspecified atom stereocenters. The Kier molecular flexibility index (Phi) is 3.78. The zero-order chi connectivity index (χ0) is 12.0. The number of nitrogens with two attached hydrogens (primary N) is 1. The van der Waals surface area contributed by atoms with Crippen LogP contribution in [-0.4, -0.2) is 19.9 Å². The van der Waals surface area contributed by atoms with E-state index in [2.05, 4.69) is 15.0 Å². The molecular formula is C8H9N5O3. The molecule has 0 aliphatic rings. The Labute approximate surface area is 88.2 Å². The van der Waals surface area contributed by atoms with E-state index >= 15 is 0 Å². The van der Waals surface area contributed by atoms with Crippen molar-refractivity contribution in [1.29, 1.82) is 0 Å². The molecule has 0 aliphatic heterocycles. The van der Waals surface area contributed by atoms with Gasteiger partial charge in [-0.05, 0) is 6.07 Å². The molecule has 2 aromatic heterocycles. The lowest BCUT2D eigenvalue weighted by atomic mass is 10.6. The molecule has 0 amide bonds. The third-order valence-electron chi connectivity index (χ3n) is 1.38. The van der Waals surface area contributed by atoms with E-state index in [4.69, 9.17) is 5.73 Å². The van der Waals surface area contributed by atoms with Crippen molar-refractivity contribution in [2.45, 2.75) is 0 Å². The summed E-state index contributed by atoms with van der Waals surface area (Å²) < 4.78 is 0. The van der Waals surface area contributed by atoms with Crippen molar-refractivity contribution >= 4 is 5.82 Å². The number of nitrogens with one attached hydrogen (secondary N) is 3. The number of hydrogen-bond acceptors (Lipinski definition) is 5. The quantitative estimate of drug-likeness (QED) is 0.427. The summed E-state index contributed by atoms with van der Waals surface area (Å²) in [5.41, 5.74) is 3.90. The zero-order valence-electron chi connectivity index (χ0n) is 8.06. The molecule has 2 heterocycles. The summed E-state index contributed by atoms with van der Waals surface area (Å²) in [5.74, 6) is 0.338. The summed E-state index contributed by atoms with van der Waals surface area (Å²) >= 11 is 0. The highest BCUT2D eigenvalue weighted by molar-refractivity contribution is 5.22. The third-order valence-corrected chi connectivity index (χ3v) is 1.38. The number of aromatic amines is 3. The molecule has 0 fully saturated rings. The maximum absolute atomic E-state index is 10.2. The first-order valence-corrected chi connectivity index (χ1v) is 4.17. The van der Waals surface area contributed by atoms with Crippen molar-refractivity contribution in [1.82, 2.24) is 19.9 Å². The van der Waals surface area contributed by atoms with Gasteiger partial charge in [-0.1, -0.05) is 0 Å². The van der Waals surface area contributed by atoms with Crippen LogP contribution >= 0.6 is 0 Å². The van der Waals surface area contributed by atoms with Crippen LogP contribution in [0.25, 0.3) is 0 Å². The summed E-state index contributed by atoms with van der Waals surface area (Å²) in [6.07, 6.45) is 2.65. The second kappa shape index (κ2) is 5.29. The number of rotatable bonds is 0. The Bertz CT molecular complexity index is 586. The average Bonchev–Trinajstić information content (AvgIpc) is 2.17. The van der Waals surface area contributed by atoms with E-state index < -0.39 is 11.4 Å². The van der Waals surface area contributed by atoms with E-state index in [-0.39, 0.29) is 5.56 Å². The van der Waals surface area contributed by atoms with Crippen LogP contribution in [0, 0.1) is 0 Å². The smallest absolute Gasteiger partial charge is 0.346 e.